The predicted octanol–water partition coefficient (Wildman–Crippen LogP) is 2.89. The lowest BCUT2D eigenvalue weighted by atomic mass is 10.1. The quantitative estimate of drug-likeness (QED) is 0.821. The van der Waals surface area contributed by atoms with Crippen LogP contribution in [-0.4, -0.2) is 11.8 Å². The van der Waals surface area contributed by atoms with Crippen LogP contribution in [0.15, 0.2) is 35.9 Å². The van der Waals surface area contributed by atoms with Crippen molar-refractivity contribution in [3.8, 4) is 0 Å². The molecule has 2 atom stereocenters. The summed E-state index contributed by atoms with van der Waals surface area (Å²) in [4.78, 5) is 23.3. The third kappa shape index (κ3) is 3.56. The molecule has 4 heteroatoms. The molecule has 2 amide bonds. The summed E-state index contributed by atoms with van der Waals surface area (Å²) in [7, 11) is 0. The molecule has 0 unspecified atom stereocenters. The van der Waals surface area contributed by atoms with E-state index in [0.29, 0.717) is 5.92 Å². The number of rotatable bonds is 5. The summed E-state index contributed by atoms with van der Waals surface area (Å²) in [5, 5.41) is 2.96. The molecule has 22 heavy (non-hydrogen) atoms. The second-order valence-electron chi connectivity index (χ2n) is 6.90. The Morgan fingerprint density at radius 2 is 1.82 bits per heavy atom. The van der Waals surface area contributed by atoms with Crippen LogP contribution in [0.3, 0.4) is 0 Å². The lowest BCUT2D eigenvalue weighted by molar-refractivity contribution is -0.118. The third-order valence-corrected chi connectivity index (χ3v) is 4.31. The molecule has 1 aliphatic carbocycles. The van der Waals surface area contributed by atoms with E-state index < -0.39 is 0 Å². The Bertz CT molecular complexity index is 610. The zero-order valence-corrected chi connectivity index (χ0v) is 13.6. The van der Waals surface area contributed by atoms with E-state index in [0.717, 1.165) is 11.3 Å². The minimum atomic E-state index is -0.360. The summed E-state index contributed by atoms with van der Waals surface area (Å²) in [6.07, 6.45) is 2.40. The van der Waals surface area contributed by atoms with Crippen LogP contribution in [0.5, 0.6) is 0 Å². The summed E-state index contributed by atoms with van der Waals surface area (Å²) in [5.41, 5.74) is 8.00. The second-order valence-corrected chi connectivity index (χ2v) is 6.90. The van der Waals surface area contributed by atoms with Gasteiger partial charge in [-0.3, -0.25) is 9.59 Å². The molecule has 1 fully saturated rings. The molecule has 0 spiro atoms. The van der Waals surface area contributed by atoms with Gasteiger partial charge in [0.1, 0.15) is 0 Å². The van der Waals surface area contributed by atoms with Gasteiger partial charge in [-0.25, -0.2) is 0 Å². The SMILES string of the molecule is CC(C)=C[C@@H]1[C@H](C(=O)Nc2ccc(CC(N)=O)cc2)C1(C)C. The molecule has 0 radical (unpaired) electrons. The van der Waals surface area contributed by atoms with Crippen molar-refractivity contribution in [3.05, 3.63) is 41.5 Å². The maximum Gasteiger partial charge on any atom is 0.228 e. The fraction of sp³-hybridized carbons (Fsp3) is 0.444. The lowest BCUT2D eigenvalue weighted by Gasteiger charge is -2.07. The van der Waals surface area contributed by atoms with E-state index in [-0.39, 0.29) is 29.6 Å². The van der Waals surface area contributed by atoms with Gasteiger partial charge < -0.3 is 11.1 Å². The van der Waals surface area contributed by atoms with E-state index >= 15 is 0 Å². The molecule has 1 aromatic carbocycles. The number of benzene rings is 1. The van der Waals surface area contributed by atoms with Gasteiger partial charge in [0.05, 0.1) is 12.3 Å². The fourth-order valence-electron chi connectivity index (χ4n) is 2.98. The highest BCUT2D eigenvalue weighted by molar-refractivity contribution is 5.95. The minimum Gasteiger partial charge on any atom is -0.369 e. The molecule has 4 nitrogen and oxygen atoms in total. The molecule has 3 N–H and O–H groups in total. The molecule has 0 saturated heterocycles. The van der Waals surface area contributed by atoms with Crippen LogP contribution < -0.4 is 11.1 Å². The lowest BCUT2D eigenvalue weighted by Crippen LogP contribution is -2.17. The molecule has 118 valence electrons. The second kappa shape index (κ2) is 5.95. The van der Waals surface area contributed by atoms with E-state index in [4.69, 9.17) is 5.73 Å². The first-order chi connectivity index (χ1) is 10.2. The average Bonchev–Trinajstić information content (AvgIpc) is 2.91. The van der Waals surface area contributed by atoms with Crippen molar-refractivity contribution in [2.24, 2.45) is 23.0 Å². The van der Waals surface area contributed by atoms with Crippen LogP contribution in [0.25, 0.3) is 0 Å². The van der Waals surface area contributed by atoms with Crippen molar-refractivity contribution >= 4 is 17.5 Å². The summed E-state index contributed by atoms with van der Waals surface area (Å²) in [6, 6.07) is 7.24. The molecule has 0 bridgehead atoms. The largest absolute Gasteiger partial charge is 0.369 e. The molecule has 2 rings (SSSR count). The van der Waals surface area contributed by atoms with Crippen molar-refractivity contribution in [3.63, 3.8) is 0 Å². The first-order valence-electron chi connectivity index (χ1n) is 7.55. The number of allylic oxidation sites excluding steroid dienone is 2. The van der Waals surface area contributed by atoms with Crippen LogP contribution >= 0.6 is 0 Å². The number of amides is 2. The number of nitrogens with one attached hydrogen (secondary N) is 1. The maximum absolute atomic E-state index is 12.4. The molecule has 1 saturated carbocycles. The van der Waals surface area contributed by atoms with Crippen molar-refractivity contribution in [1.82, 2.24) is 0 Å². The molecular formula is C18H24N2O2. The van der Waals surface area contributed by atoms with Crippen LogP contribution in [0.2, 0.25) is 0 Å². The standard InChI is InChI=1S/C18H24N2O2/c1-11(2)9-14-16(18(14,3)4)17(22)20-13-7-5-12(6-8-13)10-15(19)21/h5-9,14,16H,10H2,1-4H3,(H2,19,21)(H,20,22)/t14-,16-/m1/s1. The van der Waals surface area contributed by atoms with Crippen molar-refractivity contribution in [2.45, 2.75) is 34.1 Å². The fourth-order valence-corrected chi connectivity index (χ4v) is 2.98. The summed E-state index contributed by atoms with van der Waals surface area (Å²) < 4.78 is 0. The summed E-state index contributed by atoms with van der Waals surface area (Å²) >= 11 is 0. The maximum atomic E-state index is 12.4. The van der Waals surface area contributed by atoms with Crippen LogP contribution in [0.4, 0.5) is 5.69 Å². The molecule has 0 aromatic heterocycles. The molecule has 1 aliphatic rings. The highest BCUT2D eigenvalue weighted by Gasteiger charge is 2.60. The van der Waals surface area contributed by atoms with Crippen molar-refractivity contribution < 1.29 is 9.59 Å². The number of carbonyl (C=O) groups is 2. The van der Waals surface area contributed by atoms with Crippen LogP contribution in [0, 0.1) is 17.3 Å². The van der Waals surface area contributed by atoms with Gasteiger partial charge in [-0.15, -0.1) is 0 Å². The Kier molecular flexibility index (Phi) is 4.40. The van der Waals surface area contributed by atoms with Crippen molar-refractivity contribution in [1.29, 1.82) is 0 Å². The predicted molar refractivity (Wildman–Crippen MR) is 88.2 cm³/mol. The number of hydrogen-bond donors (Lipinski definition) is 2. The van der Waals surface area contributed by atoms with E-state index in [1.165, 1.54) is 5.57 Å². The van der Waals surface area contributed by atoms with E-state index in [2.05, 4.69) is 39.1 Å². The monoisotopic (exact) mass is 300 g/mol. The van der Waals surface area contributed by atoms with Gasteiger partial charge >= 0.3 is 0 Å². The van der Waals surface area contributed by atoms with Crippen LogP contribution in [0.1, 0.15) is 33.3 Å². The topological polar surface area (TPSA) is 72.2 Å². The third-order valence-electron chi connectivity index (χ3n) is 4.31. The Labute approximate surface area is 131 Å². The Morgan fingerprint density at radius 3 is 2.32 bits per heavy atom. The minimum absolute atomic E-state index is 0.00713. The molecule has 0 aliphatic heterocycles. The Hall–Kier alpha value is -2.10. The van der Waals surface area contributed by atoms with E-state index in [1.54, 1.807) is 0 Å². The first-order valence-corrected chi connectivity index (χ1v) is 7.55. The highest BCUT2D eigenvalue weighted by atomic mass is 16.2. The van der Waals surface area contributed by atoms with E-state index in [1.807, 2.05) is 24.3 Å². The van der Waals surface area contributed by atoms with Gasteiger partial charge in [0, 0.05) is 5.69 Å². The zero-order chi connectivity index (χ0) is 16.5. The average molecular weight is 300 g/mol. The number of nitrogens with two attached hydrogens (primary N) is 1. The summed E-state index contributed by atoms with van der Waals surface area (Å²) in [6.45, 7) is 8.36. The number of carbonyl (C=O) groups excluding carboxylic acids is 2. The molecule has 0 heterocycles. The first kappa shape index (κ1) is 16.3. The smallest absolute Gasteiger partial charge is 0.228 e. The van der Waals surface area contributed by atoms with Crippen molar-refractivity contribution in [2.75, 3.05) is 5.32 Å². The Morgan fingerprint density at radius 1 is 1.23 bits per heavy atom. The Balaban J connectivity index is 2.01. The molecular weight excluding hydrogens is 276 g/mol. The van der Waals surface area contributed by atoms with Gasteiger partial charge in [-0.05, 0) is 42.9 Å². The number of hydrogen-bond acceptors (Lipinski definition) is 2. The number of anilines is 1. The zero-order valence-electron chi connectivity index (χ0n) is 13.6. The summed E-state index contributed by atoms with van der Waals surface area (Å²) in [5.74, 6) is -0.00411. The van der Waals surface area contributed by atoms with Gasteiger partial charge in [0.25, 0.3) is 0 Å². The highest BCUT2D eigenvalue weighted by Crippen LogP contribution is 2.59. The van der Waals surface area contributed by atoms with Gasteiger partial charge in [-0.2, -0.15) is 0 Å². The van der Waals surface area contributed by atoms with Gasteiger partial charge in [-0.1, -0.05) is 37.6 Å². The normalized spacial score (nSPS) is 21.8. The van der Waals surface area contributed by atoms with Crippen LogP contribution in [-0.2, 0) is 16.0 Å². The molecule has 1 aromatic rings. The van der Waals surface area contributed by atoms with Gasteiger partial charge in [0.2, 0.25) is 11.8 Å². The van der Waals surface area contributed by atoms with Gasteiger partial charge in [0.15, 0.2) is 0 Å². The van der Waals surface area contributed by atoms with E-state index in [9.17, 15) is 9.59 Å². The number of primary amides is 1.